The van der Waals surface area contributed by atoms with Gasteiger partial charge in [0.1, 0.15) is 6.54 Å². The molecular weight excluding hydrogens is 305 g/mol. The van der Waals surface area contributed by atoms with Crippen molar-refractivity contribution in [2.45, 2.75) is 38.1 Å². The average Bonchev–Trinajstić information content (AvgIpc) is 2.40. The monoisotopic (exact) mass is 324 g/mol. The SMILES string of the molecule is C=C/C(=C/CCCCN(CC#N)S(=O)(=O)C(F)(F)F)CC. The lowest BCUT2D eigenvalue weighted by Crippen LogP contribution is -2.41. The van der Waals surface area contributed by atoms with Crippen molar-refractivity contribution in [2.24, 2.45) is 0 Å². The van der Waals surface area contributed by atoms with E-state index < -0.39 is 22.1 Å². The molecule has 0 aliphatic rings. The van der Waals surface area contributed by atoms with Crippen LogP contribution in [0.3, 0.4) is 0 Å². The van der Waals surface area contributed by atoms with Crippen LogP contribution >= 0.6 is 0 Å². The van der Waals surface area contributed by atoms with E-state index in [-0.39, 0.29) is 17.3 Å². The Morgan fingerprint density at radius 2 is 2.00 bits per heavy atom. The van der Waals surface area contributed by atoms with Gasteiger partial charge in [0.2, 0.25) is 0 Å². The Labute approximate surface area is 123 Å². The maximum atomic E-state index is 12.4. The van der Waals surface area contributed by atoms with E-state index in [9.17, 15) is 21.6 Å². The summed E-state index contributed by atoms with van der Waals surface area (Å²) >= 11 is 0. The number of alkyl halides is 3. The second-order valence-corrected chi connectivity index (χ2v) is 6.20. The summed E-state index contributed by atoms with van der Waals surface area (Å²) in [5.41, 5.74) is -4.34. The van der Waals surface area contributed by atoms with Crippen molar-refractivity contribution in [3.63, 3.8) is 0 Å². The van der Waals surface area contributed by atoms with Gasteiger partial charge in [-0.25, -0.2) is 8.42 Å². The summed E-state index contributed by atoms with van der Waals surface area (Å²) in [6.07, 6.45) is 5.85. The van der Waals surface area contributed by atoms with E-state index in [1.165, 1.54) is 6.07 Å². The number of nitrogens with zero attached hydrogens (tertiary/aromatic N) is 2. The standard InChI is InChI=1S/C13H19F3N2O2S/c1-3-12(4-2)8-6-5-7-10-18(11-9-17)21(19,20)13(14,15)16/h3,8H,1,4-7,10-11H2,2H3/b12-8-. The van der Waals surface area contributed by atoms with Crippen molar-refractivity contribution in [1.29, 1.82) is 5.26 Å². The van der Waals surface area contributed by atoms with E-state index in [0.717, 1.165) is 12.0 Å². The van der Waals surface area contributed by atoms with Gasteiger partial charge < -0.3 is 0 Å². The maximum Gasteiger partial charge on any atom is 0.511 e. The highest BCUT2D eigenvalue weighted by Gasteiger charge is 2.49. The fourth-order valence-electron chi connectivity index (χ4n) is 1.60. The lowest BCUT2D eigenvalue weighted by Gasteiger charge is -2.20. The number of allylic oxidation sites excluding steroid dienone is 3. The molecule has 0 aliphatic carbocycles. The number of rotatable bonds is 9. The minimum atomic E-state index is -5.43. The number of hydrogen-bond donors (Lipinski definition) is 0. The van der Waals surface area contributed by atoms with Gasteiger partial charge in [-0.2, -0.15) is 22.7 Å². The topological polar surface area (TPSA) is 61.2 Å². The first kappa shape index (κ1) is 19.7. The fourth-order valence-corrected chi connectivity index (χ4v) is 2.49. The van der Waals surface area contributed by atoms with Crippen molar-refractivity contribution in [3.05, 3.63) is 24.3 Å². The van der Waals surface area contributed by atoms with Crippen LogP contribution in [-0.2, 0) is 10.0 Å². The summed E-state index contributed by atoms with van der Waals surface area (Å²) in [6, 6.07) is 1.44. The zero-order chi connectivity index (χ0) is 16.5. The van der Waals surface area contributed by atoms with E-state index in [0.29, 0.717) is 12.8 Å². The highest BCUT2D eigenvalue weighted by atomic mass is 32.2. The molecule has 0 aliphatic heterocycles. The summed E-state index contributed by atoms with van der Waals surface area (Å²) in [6.45, 7) is 4.46. The van der Waals surface area contributed by atoms with Crippen molar-refractivity contribution in [1.82, 2.24) is 4.31 Å². The van der Waals surface area contributed by atoms with Crippen LogP contribution in [0.4, 0.5) is 13.2 Å². The van der Waals surface area contributed by atoms with Gasteiger partial charge in [-0.3, -0.25) is 0 Å². The van der Waals surface area contributed by atoms with E-state index in [1.807, 2.05) is 13.0 Å². The molecule has 0 aromatic heterocycles. The van der Waals surface area contributed by atoms with Gasteiger partial charge in [0.25, 0.3) is 0 Å². The number of unbranched alkanes of at least 4 members (excludes halogenated alkanes) is 2. The third-order valence-electron chi connectivity index (χ3n) is 2.82. The van der Waals surface area contributed by atoms with Gasteiger partial charge in [-0.1, -0.05) is 31.2 Å². The highest BCUT2D eigenvalue weighted by Crippen LogP contribution is 2.26. The number of sulfonamides is 1. The Kier molecular flexibility index (Phi) is 8.29. The first-order chi connectivity index (χ1) is 9.70. The second kappa shape index (κ2) is 8.85. The Hall–Kier alpha value is -1.33. The molecule has 0 N–H and O–H groups in total. The van der Waals surface area contributed by atoms with E-state index >= 15 is 0 Å². The zero-order valence-corrected chi connectivity index (χ0v) is 12.7. The molecule has 0 saturated heterocycles. The molecule has 0 saturated carbocycles. The van der Waals surface area contributed by atoms with E-state index in [4.69, 9.17) is 5.26 Å². The minimum Gasteiger partial charge on any atom is -0.203 e. The highest BCUT2D eigenvalue weighted by molar-refractivity contribution is 7.90. The lowest BCUT2D eigenvalue weighted by molar-refractivity contribution is -0.0486. The Morgan fingerprint density at radius 1 is 1.38 bits per heavy atom. The summed E-state index contributed by atoms with van der Waals surface area (Å²) in [7, 11) is -5.43. The van der Waals surface area contributed by atoms with Crippen molar-refractivity contribution in [3.8, 4) is 6.07 Å². The molecule has 0 rings (SSSR count). The molecule has 0 radical (unpaired) electrons. The molecule has 0 spiro atoms. The summed E-state index contributed by atoms with van der Waals surface area (Å²) in [5, 5.41) is 8.46. The predicted molar refractivity (Wildman–Crippen MR) is 74.6 cm³/mol. The van der Waals surface area contributed by atoms with Gasteiger partial charge in [-0.15, -0.1) is 0 Å². The van der Waals surface area contributed by atoms with Crippen molar-refractivity contribution >= 4 is 10.0 Å². The molecule has 0 amide bonds. The number of hydrogen-bond acceptors (Lipinski definition) is 3. The van der Waals surface area contributed by atoms with Crippen LogP contribution in [0, 0.1) is 11.3 Å². The smallest absolute Gasteiger partial charge is 0.203 e. The molecule has 0 unspecified atom stereocenters. The minimum absolute atomic E-state index is 0.172. The van der Waals surface area contributed by atoms with Gasteiger partial charge in [0.15, 0.2) is 0 Å². The fraction of sp³-hybridized carbons (Fsp3) is 0.615. The molecule has 120 valence electrons. The average molecular weight is 324 g/mol. The molecule has 0 heterocycles. The summed E-state index contributed by atoms with van der Waals surface area (Å²) in [5.74, 6) is 0. The summed E-state index contributed by atoms with van der Waals surface area (Å²) < 4.78 is 59.9. The number of nitriles is 1. The Bertz CT molecular complexity index is 504. The normalized spacial score (nSPS) is 13.2. The molecule has 0 aromatic rings. The molecule has 8 heteroatoms. The molecule has 0 atom stereocenters. The second-order valence-electron chi connectivity index (χ2n) is 4.27. The number of halogens is 3. The largest absolute Gasteiger partial charge is 0.511 e. The van der Waals surface area contributed by atoms with Gasteiger partial charge in [0.05, 0.1) is 6.07 Å². The van der Waals surface area contributed by atoms with Gasteiger partial charge in [0, 0.05) is 6.54 Å². The van der Waals surface area contributed by atoms with Crippen molar-refractivity contribution in [2.75, 3.05) is 13.1 Å². The Morgan fingerprint density at radius 3 is 2.43 bits per heavy atom. The first-order valence-corrected chi connectivity index (χ1v) is 7.89. The third-order valence-corrected chi connectivity index (χ3v) is 4.39. The van der Waals surface area contributed by atoms with Crippen LogP contribution < -0.4 is 0 Å². The van der Waals surface area contributed by atoms with Crippen LogP contribution in [0.2, 0.25) is 0 Å². The molecule has 21 heavy (non-hydrogen) atoms. The van der Waals surface area contributed by atoms with Crippen LogP contribution in [0.1, 0.15) is 32.6 Å². The molecule has 0 aromatic carbocycles. The third kappa shape index (κ3) is 6.31. The van der Waals surface area contributed by atoms with E-state index in [1.54, 1.807) is 6.08 Å². The van der Waals surface area contributed by atoms with Crippen molar-refractivity contribution < 1.29 is 21.6 Å². The van der Waals surface area contributed by atoms with E-state index in [2.05, 4.69) is 6.58 Å². The molecule has 0 bridgehead atoms. The van der Waals surface area contributed by atoms with Crippen LogP contribution in [0.15, 0.2) is 24.3 Å². The van der Waals surface area contributed by atoms with Crippen LogP contribution in [-0.4, -0.2) is 31.3 Å². The Balaban J connectivity index is 4.54. The van der Waals surface area contributed by atoms with Crippen LogP contribution in [0.25, 0.3) is 0 Å². The lowest BCUT2D eigenvalue weighted by atomic mass is 10.1. The van der Waals surface area contributed by atoms with Gasteiger partial charge in [-0.05, 0) is 25.7 Å². The quantitative estimate of drug-likeness (QED) is 0.371. The predicted octanol–water partition coefficient (Wildman–Crippen LogP) is 3.35. The molecule has 0 fully saturated rings. The summed E-state index contributed by atoms with van der Waals surface area (Å²) in [4.78, 5) is 0. The first-order valence-electron chi connectivity index (χ1n) is 6.45. The molecular formula is C13H19F3N2O2S. The van der Waals surface area contributed by atoms with Gasteiger partial charge >= 0.3 is 15.5 Å². The molecule has 4 nitrogen and oxygen atoms in total. The van der Waals surface area contributed by atoms with Crippen LogP contribution in [0.5, 0.6) is 0 Å². The zero-order valence-electron chi connectivity index (χ0n) is 11.9. The maximum absolute atomic E-state index is 12.4.